The van der Waals surface area contributed by atoms with Gasteiger partial charge in [-0.2, -0.15) is 0 Å². The summed E-state index contributed by atoms with van der Waals surface area (Å²) in [5.74, 6) is -0.763. The first kappa shape index (κ1) is 14.0. The lowest BCUT2D eigenvalue weighted by molar-refractivity contribution is -0.0117. The van der Waals surface area contributed by atoms with Crippen molar-refractivity contribution in [1.82, 2.24) is 4.90 Å². The third kappa shape index (κ3) is 3.52. The molecule has 0 radical (unpaired) electrons. The molecule has 1 atom stereocenters. The number of likely N-dealkylation sites (N-methyl/N-ethyl adjacent to an activating group) is 1. The second-order valence-electron chi connectivity index (χ2n) is 4.85. The molecule has 2 rings (SSSR count). The number of anilines is 1. The Labute approximate surface area is 112 Å². The standard InChI is InChI=1S/C14H19FN2O2/c1-10(18)14-12(15)4-3-5-13(14)16-8-11-9-17(2)6-7-19-11/h3-5,11,16H,6-9H2,1-2H3. The number of hydrogen-bond donors (Lipinski definition) is 1. The summed E-state index contributed by atoms with van der Waals surface area (Å²) in [5.41, 5.74) is 0.649. The first-order chi connectivity index (χ1) is 9.08. The molecule has 5 heteroatoms. The normalized spacial score (nSPS) is 20.3. The van der Waals surface area contributed by atoms with Gasteiger partial charge in [0.05, 0.1) is 18.3 Å². The van der Waals surface area contributed by atoms with Crippen LogP contribution in [-0.2, 0) is 4.74 Å². The number of carbonyl (C=O) groups is 1. The molecule has 1 aromatic rings. The first-order valence-corrected chi connectivity index (χ1v) is 6.41. The third-order valence-electron chi connectivity index (χ3n) is 3.23. The highest BCUT2D eigenvalue weighted by molar-refractivity contribution is 5.99. The monoisotopic (exact) mass is 266 g/mol. The number of Topliss-reactive ketones (excluding diaryl/α,β-unsaturated/α-hetero) is 1. The highest BCUT2D eigenvalue weighted by Crippen LogP contribution is 2.20. The Morgan fingerprint density at radius 1 is 1.58 bits per heavy atom. The van der Waals surface area contributed by atoms with Crippen molar-refractivity contribution < 1.29 is 13.9 Å². The predicted molar refractivity (Wildman–Crippen MR) is 72.1 cm³/mol. The van der Waals surface area contributed by atoms with Crippen LogP contribution in [0.2, 0.25) is 0 Å². The summed E-state index contributed by atoms with van der Waals surface area (Å²) in [4.78, 5) is 13.7. The Morgan fingerprint density at radius 2 is 2.37 bits per heavy atom. The second kappa shape index (κ2) is 6.12. The smallest absolute Gasteiger partial charge is 0.164 e. The van der Waals surface area contributed by atoms with E-state index < -0.39 is 5.82 Å². The van der Waals surface area contributed by atoms with E-state index in [-0.39, 0.29) is 17.5 Å². The molecular weight excluding hydrogens is 247 g/mol. The van der Waals surface area contributed by atoms with E-state index in [4.69, 9.17) is 4.74 Å². The summed E-state index contributed by atoms with van der Waals surface area (Å²) in [5, 5.41) is 3.11. The lowest BCUT2D eigenvalue weighted by atomic mass is 10.1. The molecule has 104 valence electrons. The molecule has 1 aliphatic rings. The summed E-state index contributed by atoms with van der Waals surface area (Å²) in [7, 11) is 2.04. The summed E-state index contributed by atoms with van der Waals surface area (Å²) in [6.45, 7) is 4.39. The number of carbonyl (C=O) groups excluding carboxylic acids is 1. The molecule has 0 saturated carbocycles. The van der Waals surface area contributed by atoms with E-state index in [1.165, 1.54) is 13.0 Å². The Kier molecular flexibility index (Phi) is 4.50. The van der Waals surface area contributed by atoms with Gasteiger partial charge < -0.3 is 15.0 Å². The van der Waals surface area contributed by atoms with E-state index in [1.807, 2.05) is 7.05 Å². The van der Waals surface area contributed by atoms with Gasteiger partial charge in [-0.05, 0) is 26.1 Å². The second-order valence-corrected chi connectivity index (χ2v) is 4.85. The highest BCUT2D eigenvalue weighted by Gasteiger charge is 2.19. The molecule has 19 heavy (non-hydrogen) atoms. The van der Waals surface area contributed by atoms with Crippen LogP contribution in [0.3, 0.4) is 0 Å². The van der Waals surface area contributed by atoms with Crippen molar-refractivity contribution in [2.75, 3.05) is 38.6 Å². The summed E-state index contributed by atoms with van der Waals surface area (Å²) >= 11 is 0. The van der Waals surface area contributed by atoms with Crippen molar-refractivity contribution in [2.45, 2.75) is 13.0 Å². The fourth-order valence-corrected chi connectivity index (χ4v) is 2.24. The highest BCUT2D eigenvalue weighted by atomic mass is 19.1. The van der Waals surface area contributed by atoms with Crippen LogP contribution in [0, 0.1) is 5.82 Å². The summed E-state index contributed by atoms with van der Waals surface area (Å²) in [6, 6.07) is 4.61. The van der Waals surface area contributed by atoms with Crippen molar-refractivity contribution in [3.63, 3.8) is 0 Å². The number of ether oxygens (including phenoxy) is 1. The molecule has 0 aliphatic carbocycles. The quantitative estimate of drug-likeness (QED) is 0.843. The zero-order chi connectivity index (χ0) is 13.8. The lowest BCUT2D eigenvalue weighted by Crippen LogP contribution is -2.43. The van der Waals surface area contributed by atoms with Crippen molar-refractivity contribution in [3.8, 4) is 0 Å². The van der Waals surface area contributed by atoms with Crippen LogP contribution in [0.15, 0.2) is 18.2 Å². The number of benzene rings is 1. The number of halogens is 1. The van der Waals surface area contributed by atoms with Gasteiger partial charge in [0.15, 0.2) is 5.78 Å². The number of nitrogens with one attached hydrogen (secondary N) is 1. The molecule has 1 aliphatic heterocycles. The number of morpholine rings is 1. The van der Waals surface area contributed by atoms with E-state index in [0.29, 0.717) is 18.8 Å². The Balaban J connectivity index is 2.03. The van der Waals surface area contributed by atoms with Gasteiger partial charge in [-0.25, -0.2) is 4.39 Å². The molecule has 1 aromatic carbocycles. The molecule has 1 N–H and O–H groups in total. The minimum Gasteiger partial charge on any atom is -0.382 e. The average molecular weight is 266 g/mol. The zero-order valence-corrected chi connectivity index (χ0v) is 11.3. The van der Waals surface area contributed by atoms with E-state index in [1.54, 1.807) is 12.1 Å². The van der Waals surface area contributed by atoms with Gasteiger partial charge in [-0.3, -0.25) is 4.79 Å². The van der Waals surface area contributed by atoms with Gasteiger partial charge in [0, 0.05) is 25.3 Å². The van der Waals surface area contributed by atoms with Gasteiger partial charge in [0.2, 0.25) is 0 Å². The minimum atomic E-state index is -0.487. The molecule has 1 unspecified atom stereocenters. The molecular formula is C14H19FN2O2. The Morgan fingerprint density at radius 3 is 3.05 bits per heavy atom. The molecule has 4 nitrogen and oxygen atoms in total. The zero-order valence-electron chi connectivity index (χ0n) is 11.3. The number of hydrogen-bond acceptors (Lipinski definition) is 4. The molecule has 0 aromatic heterocycles. The van der Waals surface area contributed by atoms with Crippen LogP contribution in [0.5, 0.6) is 0 Å². The van der Waals surface area contributed by atoms with Crippen LogP contribution in [0.1, 0.15) is 17.3 Å². The first-order valence-electron chi connectivity index (χ1n) is 6.41. The van der Waals surface area contributed by atoms with Crippen molar-refractivity contribution in [1.29, 1.82) is 0 Å². The van der Waals surface area contributed by atoms with Crippen LogP contribution in [-0.4, -0.2) is 50.1 Å². The molecule has 0 amide bonds. The van der Waals surface area contributed by atoms with Crippen molar-refractivity contribution in [3.05, 3.63) is 29.6 Å². The molecule has 0 spiro atoms. The van der Waals surface area contributed by atoms with Crippen molar-refractivity contribution >= 4 is 11.5 Å². The number of nitrogens with zero attached hydrogens (tertiary/aromatic N) is 1. The van der Waals surface area contributed by atoms with Crippen LogP contribution >= 0.6 is 0 Å². The maximum Gasteiger partial charge on any atom is 0.164 e. The van der Waals surface area contributed by atoms with Gasteiger partial charge in [-0.1, -0.05) is 6.07 Å². The summed E-state index contributed by atoms with van der Waals surface area (Å²) in [6.07, 6.45) is 0.0572. The largest absolute Gasteiger partial charge is 0.382 e. The van der Waals surface area contributed by atoms with E-state index in [9.17, 15) is 9.18 Å². The average Bonchev–Trinajstić information content (AvgIpc) is 2.36. The Hall–Kier alpha value is -1.46. The molecule has 1 fully saturated rings. The van der Waals surface area contributed by atoms with Crippen LogP contribution in [0.4, 0.5) is 10.1 Å². The SMILES string of the molecule is CC(=O)c1c(F)cccc1NCC1CN(C)CCO1. The van der Waals surface area contributed by atoms with Crippen LogP contribution in [0.25, 0.3) is 0 Å². The van der Waals surface area contributed by atoms with Gasteiger partial charge >= 0.3 is 0 Å². The van der Waals surface area contributed by atoms with E-state index in [0.717, 1.165) is 13.1 Å². The Bertz CT molecular complexity index is 465. The maximum atomic E-state index is 13.6. The van der Waals surface area contributed by atoms with E-state index >= 15 is 0 Å². The van der Waals surface area contributed by atoms with Crippen LogP contribution < -0.4 is 5.32 Å². The number of rotatable bonds is 4. The topological polar surface area (TPSA) is 41.6 Å². The van der Waals surface area contributed by atoms with Gasteiger partial charge in [0.25, 0.3) is 0 Å². The van der Waals surface area contributed by atoms with Crippen molar-refractivity contribution in [2.24, 2.45) is 0 Å². The number of ketones is 1. The molecule has 0 bridgehead atoms. The predicted octanol–water partition coefficient (Wildman–Crippen LogP) is 1.77. The molecule has 1 saturated heterocycles. The fraction of sp³-hybridized carbons (Fsp3) is 0.500. The fourth-order valence-electron chi connectivity index (χ4n) is 2.24. The van der Waals surface area contributed by atoms with Gasteiger partial charge in [0.1, 0.15) is 5.82 Å². The van der Waals surface area contributed by atoms with E-state index in [2.05, 4.69) is 10.2 Å². The minimum absolute atomic E-state index is 0.0572. The van der Waals surface area contributed by atoms with Gasteiger partial charge in [-0.15, -0.1) is 0 Å². The molecule has 1 heterocycles. The summed E-state index contributed by atoms with van der Waals surface area (Å²) < 4.78 is 19.2. The lowest BCUT2D eigenvalue weighted by Gasteiger charge is -2.30. The maximum absolute atomic E-state index is 13.6. The third-order valence-corrected chi connectivity index (χ3v) is 3.23.